The Morgan fingerprint density at radius 3 is 2.64 bits per heavy atom. The maximum Gasteiger partial charge on any atom is 0.223 e. The molecule has 5 rings (SSSR count). The molecule has 8 nitrogen and oxygen atoms in total. The molecule has 0 amide bonds. The van der Waals surface area contributed by atoms with Gasteiger partial charge < -0.3 is 20.5 Å². The number of nitrogens with zero attached hydrogens (tertiary/aromatic N) is 4. The Labute approximate surface area is 221 Å². The molecule has 0 saturated heterocycles. The Balaban J connectivity index is 0.00000148. The molecule has 190 valence electrons. The van der Waals surface area contributed by atoms with Crippen LogP contribution in [-0.2, 0) is 7.05 Å². The number of halogens is 1. The number of nitrogens with one attached hydrogen (secondary N) is 2. The highest BCUT2D eigenvalue weighted by Crippen LogP contribution is 2.34. The number of hydrogen-bond donors (Lipinski definition) is 3. The second-order valence-electron chi connectivity index (χ2n) is 8.46. The first-order valence-corrected chi connectivity index (χ1v) is 13.2. The van der Waals surface area contributed by atoms with Crippen LogP contribution in [0.5, 0.6) is 5.75 Å². The van der Waals surface area contributed by atoms with Crippen molar-refractivity contribution in [3.8, 4) is 17.0 Å². The largest absolute Gasteiger partial charge is 0.494 e. The van der Waals surface area contributed by atoms with Crippen LogP contribution >= 0.6 is 23.5 Å². The average molecular weight is 526 g/mol. The lowest BCUT2D eigenvalue weighted by Gasteiger charge is -2.22. The normalized spacial score (nSPS) is 13.7. The summed E-state index contributed by atoms with van der Waals surface area (Å²) in [7, 11) is 5.09. The SMILES string of the molecule is CN.COc1cc(-c2cc(NSc3ccccc3Cl)nn2C)cc2cnc(NC3CCCCC3)nc12. The van der Waals surface area contributed by atoms with Crippen molar-refractivity contribution in [3.05, 3.63) is 53.7 Å². The molecule has 2 aromatic carbocycles. The first-order chi connectivity index (χ1) is 17.6. The number of methoxy groups -OCH3 is 1. The van der Waals surface area contributed by atoms with Gasteiger partial charge in [0.1, 0.15) is 11.3 Å². The van der Waals surface area contributed by atoms with E-state index in [4.69, 9.17) is 21.3 Å². The summed E-state index contributed by atoms with van der Waals surface area (Å²) in [6, 6.07) is 14.2. The molecule has 0 unspecified atom stereocenters. The van der Waals surface area contributed by atoms with E-state index < -0.39 is 0 Å². The van der Waals surface area contributed by atoms with E-state index in [-0.39, 0.29) is 0 Å². The molecule has 1 saturated carbocycles. The Bertz CT molecular complexity index is 1310. The van der Waals surface area contributed by atoms with Gasteiger partial charge in [0.25, 0.3) is 0 Å². The Morgan fingerprint density at radius 1 is 1.11 bits per heavy atom. The van der Waals surface area contributed by atoms with Crippen molar-refractivity contribution in [1.82, 2.24) is 19.7 Å². The number of anilines is 2. The lowest BCUT2D eigenvalue weighted by atomic mass is 9.96. The van der Waals surface area contributed by atoms with Crippen molar-refractivity contribution in [2.75, 3.05) is 24.2 Å². The van der Waals surface area contributed by atoms with Crippen molar-refractivity contribution in [1.29, 1.82) is 0 Å². The minimum absolute atomic E-state index is 0.445. The van der Waals surface area contributed by atoms with Crippen molar-refractivity contribution >= 4 is 46.2 Å². The highest BCUT2D eigenvalue weighted by molar-refractivity contribution is 8.00. The third kappa shape index (κ3) is 6.03. The van der Waals surface area contributed by atoms with E-state index in [2.05, 4.69) is 31.9 Å². The molecule has 0 bridgehead atoms. The third-order valence-corrected chi connectivity index (χ3v) is 7.41. The maximum atomic E-state index is 6.26. The van der Waals surface area contributed by atoms with Crippen LogP contribution in [0, 0.1) is 0 Å². The average Bonchev–Trinajstić information content (AvgIpc) is 3.29. The van der Waals surface area contributed by atoms with Gasteiger partial charge >= 0.3 is 0 Å². The number of fused-ring (bicyclic) bond motifs is 1. The molecule has 4 aromatic rings. The predicted molar refractivity (Wildman–Crippen MR) is 150 cm³/mol. The molecule has 2 heterocycles. The molecule has 36 heavy (non-hydrogen) atoms. The molecular formula is C26H32ClN7OS. The van der Waals surface area contributed by atoms with Crippen LogP contribution in [0.4, 0.5) is 11.8 Å². The molecule has 1 fully saturated rings. The fourth-order valence-electron chi connectivity index (χ4n) is 4.34. The monoisotopic (exact) mass is 525 g/mol. The van der Waals surface area contributed by atoms with Gasteiger partial charge in [-0.15, -0.1) is 0 Å². The number of hydrogen-bond acceptors (Lipinski definition) is 8. The number of aryl methyl sites for hydroxylation is 1. The minimum atomic E-state index is 0.445. The van der Waals surface area contributed by atoms with E-state index in [1.54, 1.807) is 7.11 Å². The van der Waals surface area contributed by atoms with Gasteiger partial charge in [-0.1, -0.05) is 43.0 Å². The summed E-state index contributed by atoms with van der Waals surface area (Å²) in [4.78, 5) is 10.3. The molecular weight excluding hydrogens is 494 g/mol. The number of rotatable bonds is 7. The third-order valence-electron chi connectivity index (χ3n) is 6.08. The highest BCUT2D eigenvalue weighted by Gasteiger charge is 2.17. The smallest absolute Gasteiger partial charge is 0.223 e. The summed E-state index contributed by atoms with van der Waals surface area (Å²) in [5, 5.41) is 9.73. The number of ether oxygens (including phenoxy) is 1. The summed E-state index contributed by atoms with van der Waals surface area (Å²) in [5.41, 5.74) is 7.23. The van der Waals surface area contributed by atoms with Crippen LogP contribution in [0.1, 0.15) is 32.1 Å². The van der Waals surface area contributed by atoms with Gasteiger partial charge in [-0.05, 0) is 56.1 Å². The summed E-state index contributed by atoms with van der Waals surface area (Å²) < 4.78 is 10.8. The van der Waals surface area contributed by atoms with Crippen molar-refractivity contribution < 1.29 is 4.74 Å². The Kier molecular flexibility index (Phi) is 8.90. The first kappa shape index (κ1) is 26.1. The second-order valence-corrected chi connectivity index (χ2v) is 9.72. The zero-order valence-electron chi connectivity index (χ0n) is 20.8. The number of aromatic nitrogens is 4. The molecule has 0 radical (unpaired) electrons. The summed E-state index contributed by atoms with van der Waals surface area (Å²) in [6.45, 7) is 0. The van der Waals surface area contributed by atoms with E-state index in [9.17, 15) is 0 Å². The molecule has 0 atom stereocenters. The topological polar surface area (TPSA) is 103 Å². The van der Waals surface area contributed by atoms with E-state index in [1.807, 2.05) is 54.3 Å². The van der Waals surface area contributed by atoms with Crippen LogP contribution in [-0.4, -0.2) is 39.9 Å². The fourth-order valence-corrected chi connectivity index (χ4v) is 5.22. The van der Waals surface area contributed by atoms with Crippen LogP contribution < -0.4 is 20.5 Å². The molecule has 1 aliphatic carbocycles. The zero-order chi connectivity index (χ0) is 25.5. The second kappa shape index (κ2) is 12.3. The zero-order valence-corrected chi connectivity index (χ0v) is 22.4. The Morgan fingerprint density at radius 2 is 1.89 bits per heavy atom. The summed E-state index contributed by atoms with van der Waals surface area (Å²) in [5.74, 6) is 2.11. The van der Waals surface area contributed by atoms with Crippen LogP contribution in [0.25, 0.3) is 22.2 Å². The lowest BCUT2D eigenvalue weighted by molar-refractivity contribution is 0.419. The van der Waals surface area contributed by atoms with E-state index in [0.29, 0.717) is 22.8 Å². The van der Waals surface area contributed by atoms with Crippen molar-refractivity contribution in [2.24, 2.45) is 12.8 Å². The molecule has 2 aromatic heterocycles. The van der Waals surface area contributed by atoms with E-state index in [1.165, 1.54) is 51.1 Å². The fraction of sp³-hybridized carbons (Fsp3) is 0.346. The lowest BCUT2D eigenvalue weighted by Crippen LogP contribution is -2.23. The number of benzene rings is 2. The van der Waals surface area contributed by atoms with Gasteiger partial charge in [-0.3, -0.25) is 4.68 Å². The van der Waals surface area contributed by atoms with Gasteiger partial charge in [0.15, 0.2) is 5.82 Å². The predicted octanol–water partition coefficient (Wildman–Crippen LogP) is 6.13. The quantitative estimate of drug-likeness (QED) is 0.247. The summed E-state index contributed by atoms with van der Waals surface area (Å²) >= 11 is 7.69. The summed E-state index contributed by atoms with van der Waals surface area (Å²) in [6.07, 6.45) is 8.04. The minimum Gasteiger partial charge on any atom is -0.494 e. The van der Waals surface area contributed by atoms with Crippen LogP contribution in [0.2, 0.25) is 5.02 Å². The van der Waals surface area contributed by atoms with Crippen LogP contribution in [0.15, 0.2) is 53.6 Å². The molecule has 1 aliphatic rings. The van der Waals surface area contributed by atoms with Gasteiger partial charge in [0.05, 0.1) is 17.8 Å². The van der Waals surface area contributed by atoms with Crippen LogP contribution in [0.3, 0.4) is 0 Å². The van der Waals surface area contributed by atoms with Crippen molar-refractivity contribution in [3.63, 3.8) is 0 Å². The number of nitrogens with two attached hydrogens (primary N) is 1. The van der Waals surface area contributed by atoms with Gasteiger partial charge in [-0.25, -0.2) is 9.97 Å². The van der Waals surface area contributed by atoms with Crippen molar-refractivity contribution in [2.45, 2.75) is 43.0 Å². The molecule has 10 heteroatoms. The molecule has 0 aliphatic heterocycles. The van der Waals surface area contributed by atoms with E-state index in [0.717, 1.165) is 32.9 Å². The van der Waals surface area contributed by atoms with Gasteiger partial charge in [-0.2, -0.15) is 5.10 Å². The van der Waals surface area contributed by atoms with Gasteiger partial charge in [0, 0.05) is 41.2 Å². The molecule has 4 N–H and O–H groups in total. The highest BCUT2D eigenvalue weighted by atomic mass is 35.5. The standard InChI is InChI=1S/C25H27ClN6OS.CH5N/c1-32-20(14-23(30-32)31-34-22-11-7-6-10-19(22)26)16-12-17-15-27-25(28-18-8-4-3-5-9-18)29-24(17)21(13-16)33-2;1-2/h6-7,10-15,18H,3-5,8-9H2,1-2H3,(H,30,31)(H,27,28,29);2H2,1H3. The maximum absolute atomic E-state index is 6.26. The van der Waals surface area contributed by atoms with E-state index >= 15 is 0 Å². The first-order valence-electron chi connectivity index (χ1n) is 12.0. The molecule has 0 spiro atoms. The Hall–Kier alpha value is -3.01. The van der Waals surface area contributed by atoms with Gasteiger partial charge in [0.2, 0.25) is 5.95 Å².